The first-order valence-electron chi connectivity index (χ1n) is 2.70. The van der Waals surface area contributed by atoms with Crippen molar-refractivity contribution < 1.29 is 5.11 Å². The minimum atomic E-state index is -0.431. The van der Waals surface area contributed by atoms with E-state index in [1.165, 1.54) is 6.08 Å². The van der Waals surface area contributed by atoms with Crippen molar-refractivity contribution >= 4 is 0 Å². The maximum Gasteiger partial charge on any atom is 0.0868 e. The molecule has 0 heterocycles. The van der Waals surface area contributed by atoms with Crippen LogP contribution >= 0.6 is 0 Å². The van der Waals surface area contributed by atoms with Crippen molar-refractivity contribution in [2.24, 2.45) is 0 Å². The Morgan fingerprint density at radius 3 is 2.38 bits per heavy atom. The molecule has 0 aromatic carbocycles. The monoisotopic (exact) mass is 115 g/mol. The fourth-order valence-corrected chi connectivity index (χ4v) is 0.375. The Labute approximate surface area is 50.2 Å². The van der Waals surface area contributed by atoms with Gasteiger partial charge in [0.25, 0.3) is 0 Å². The van der Waals surface area contributed by atoms with Gasteiger partial charge in [0.1, 0.15) is 0 Å². The Morgan fingerprint density at radius 2 is 2.25 bits per heavy atom. The molecule has 0 aliphatic rings. The molecule has 0 saturated carbocycles. The van der Waals surface area contributed by atoms with Gasteiger partial charge in [-0.15, -0.1) is 6.58 Å². The molecule has 0 radical (unpaired) electrons. The van der Waals surface area contributed by atoms with Gasteiger partial charge in [-0.05, 0) is 14.0 Å². The van der Waals surface area contributed by atoms with Gasteiger partial charge < -0.3 is 10.4 Å². The first-order chi connectivity index (χ1) is 3.72. The van der Waals surface area contributed by atoms with E-state index in [1.807, 2.05) is 6.92 Å². The van der Waals surface area contributed by atoms with Crippen LogP contribution in [0.4, 0.5) is 0 Å². The lowest BCUT2D eigenvalue weighted by Crippen LogP contribution is -2.32. The van der Waals surface area contributed by atoms with Gasteiger partial charge in [-0.1, -0.05) is 6.08 Å². The maximum absolute atomic E-state index is 8.95. The number of aliphatic hydroxyl groups excluding tert-OH is 1. The first-order valence-corrected chi connectivity index (χ1v) is 2.70. The van der Waals surface area contributed by atoms with Gasteiger partial charge in [0.05, 0.1) is 6.10 Å². The topological polar surface area (TPSA) is 32.3 Å². The Bertz CT molecular complexity index is 72.9. The lowest BCUT2D eigenvalue weighted by molar-refractivity contribution is 0.184. The Morgan fingerprint density at radius 1 is 1.75 bits per heavy atom. The van der Waals surface area contributed by atoms with Gasteiger partial charge in [0.2, 0.25) is 0 Å². The van der Waals surface area contributed by atoms with Crippen LogP contribution in [0.2, 0.25) is 0 Å². The summed E-state index contributed by atoms with van der Waals surface area (Å²) in [6.07, 6.45) is 1.08. The highest BCUT2D eigenvalue weighted by Crippen LogP contribution is 1.90. The summed E-state index contributed by atoms with van der Waals surface area (Å²) in [5.74, 6) is 0. The highest BCUT2D eigenvalue weighted by Gasteiger charge is 2.04. The van der Waals surface area contributed by atoms with Gasteiger partial charge in [0.15, 0.2) is 0 Å². The second-order valence-corrected chi connectivity index (χ2v) is 1.80. The molecule has 0 aliphatic heterocycles. The number of rotatable bonds is 3. The second kappa shape index (κ2) is 3.64. The summed E-state index contributed by atoms with van der Waals surface area (Å²) in [6.45, 7) is 5.33. The molecule has 2 nitrogen and oxygen atoms in total. The zero-order valence-electron chi connectivity index (χ0n) is 5.39. The van der Waals surface area contributed by atoms with Gasteiger partial charge in [0, 0.05) is 6.04 Å². The molecule has 0 aliphatic carbocycles. The number of likely N-dealkylation sites (N-methyl/N-ethyl adjacent to an activating group) is 1. The minimum absolute atomic E-state index is 0.104. The summed E-state index contributed by atoms with van der Waals surface area (Å²) in [4.78, 5) is 0. The summed E-state index contributed by atoms with van der Waals surface area (Å²) in [5.41, 5.74) is 0. The highest BCUT2D eigenvalue weighted by atomic mass is 16.3. The summed E-state index contributed by atoms with van der Waals surface area (Å²) in [5, 5.41) is 11.8. The molecule has 0 amide bonds. The third-order valence-electron chi connectivity index (χ3n) is 1.21. The summed E-state index contributed by atoms with van der Waals surface area (Å²) >= 11 is 0. The third kappa shape index (κ3) is 2.09. The Kier molecular flexibility index (Phi) is 3.48. The van der Waals surface area contributed by atoms with Gasteiger partial charge in [-0.3, -0.25) is 0 Å². The van der Waals surface area contributed by atoms with E-state index in [-0.39, 0.29) is 6.04 Å². The maximum atomic E-state index is 8.95. The van der Waals surface area contributed by atoms with Gasteiger partial charge in [-0.2, -0.15) is 0 Å². The van der Waals surface area contributed by atoms with Crippen LogP contribution in [0.25, 0.3) is 0 Å². The van der Waals surface area contributed by atoms with E-state index in [0.29, 0.717) is 0 Å². The molecule has 0 spiro atoms. The number of aliphatic hydroxyl groups is 1. The van der Waals surface area contributed by atoms with Gasteiger partial charge >= 0.3 is 0 Å². The molecule has 0 aromatic heterocycles. The second-order valence-electron chi connectivity index (χ2n) is 1.80. The van der Waals surface area contributed by atoms with Gasteiger partial charge in [-0.25, -0.2) is 0 Å². The van der Waals surface area contributed by atoms with Crippen LogP contribution in [0.3, 0.4) is 0 Å². The van der Waals surface area contributed by atoms with Crippen molar-refractivity contribution in [2.45, 2.75) is 19.1 Å². The molecule has 2 N–H and O–H groups in total. The summed E-state index contributed by atoms with van der Waals surface area (Å²) in [7, 11) is 1.80. The van der Waals surface area contributed by atoms with Crippen molar-refractivity contribution in [2.75, 3.05) is 7.05 Å². The van der Waals surface area contributed by atoms with Crippen LogP contribution in [-0.2, 0) is 0 Å². The molecule has 48 valence electrons. The molecule has 0 fully saturated rings. The average molecular weight is 115 g/mol. The molecule has 0 saturated heterocycles. The van der Waals surface area contributed by atoms with Crippen LogP contribution in [-0.4, -0.2) is 24.3 Å². The normalized spacial score (nSPS) is 17.4. The van der Waals surface area contributed by atoms with E-state index in [9.17, 15) is 0 Å². The number of nitrogens with one attached hydrogen (secondary N) is 1. The smallest absolute Gasteiger partial charge is 0.0868 e. The Hall–Kier alpha value is -0.340. The summed E-state index contributed by atoms with van der Waals surface area (Å²) in [6, 6.07) is 0.104. The lowest BCUT2D eigenvalue weighted by atomic mass is 10.2. The SMILES string of the molecule is C=C[C@@H](O)[C@H](C)NC. The molecule has 0 unspecified atom stereocenters. The standard InChI is InChI=1S/C6H13NO/c1-4-6(8)5(2)7-3/h4-8H,1H2,2-3H3/t5-,6+/m0/s1. The molecule has 0 aromatic rings. The van der Waals surface area contributed by atoms with Crippen LogP contribution in [0.5, 0.6) is 0 Å². The first kappa shape index (κ1) is 7.66. The van der Waals surface area contributed by atoms with E-state index in [1.54, 1.807) is 7.05 Å². The van der Waals surface area contributed by atoms with E-state index in [4.69, 9.17) is 5.11 Å². The number of hydrogen-bond acceptors (Lipinski definition) is 2. The molecule has 8 heavy (non-hydrogen) atoms. The fraction of sp³-hybridized carbons (Fsp3) is 0.667. The molecule has 0 bridgehead atoms. The molecular weight excluding hydrogens is 102 g/mol. The lowest BCUT2D eigenvalue weighted by Gasteiger charge is -2.12. The fourth-order valence-electron chi connectivity index (χ4n) is 0.375. The van der Waals surface area contributed by atoms with Crippen LogP contribution in [0.15, 0.2) is 12.7 Å². The van der Waals surface area contributed by atoms with Crippen LogP contribution in [0.1, 0.15) is 6.92 Å². The van der Waals surface area contributed by atoms with Crippen LogP contribution < -0.4 is 5.32 Å². The third-order valence-corrected chi connectivity index (χ3v) is 1.21. The summed E-state index contributed by atoms with van der Waals surface area (Å²) < 4.78 is 0. The van der Waals surface area contributed by atoms with E-state index in [2.05, 4.69) is 11.9 Å². The molecular formula is C6H13NO. The quantitative estimate of drug-likeness (QED) is 0.513. The number of hydrogen-bond donors (Lipinski definition) is 2. The molecule has 0 rings (SSSR count). The Balaban J connectivity index is 3.44. The highest BCUT2D eigenvalue weighted by molar-refractivity contribution is 4.85. The van der Waals surface area contributed by atoms with Crippen LogP contribution in [0, 0.1) is 0 Å². The van der Waals surface area contributed by atoms with Crippen molar-refractivity contribution in [1.82, 2.24) is 5.32 Å². The molecule has 2 heteroatoms. The van der Waals surface area contributed by atoms with E-state index in [0.717, 1.165) is 0 Å². The zero-order valence-corrected chi connectivity index (χ0v) is 5.39. The predicted molar refractivity (Wildman–Crippen MR) is 34.7 cm³/mol. The zero-order chi connectivity index (χ0) is 6.57. The largest absolute Gasteiger partial charge is 0.387 e. The molecule has 2 atom stereocenters. The minimum Gasteiger partial charge on any atom is -0.387 e. The van der Waals surface area contributed by atoms with E-state index >= 15 is 0 Å². The van der Waals surface area contributed by atoms with Crippen molar-refractivity contribution in [1.29, 1.82) is 0 Å². The van der Waals surface area contributed by atoms with E-state index < -0.39 is 6.10 Å². The van der Waals surface area contributed by atoms with Crippen molar-refractivity contribution in [3.8, 4) is 0 Å². The predicted octanol–water partition coefficient (Wildman–Crippen LogP) is 0.141. The van der Waals surface area contributed by atoms with Crippen molar-refractivity contribution in [3.05, 3.63) is 12.7 Å². The van der Waals surface area contributed by atoms with Crippen molar-refractivity contribution in [3.63, 3.8) is 0 Å². The average Bonchev–Trinajstić information content (AvgIpc) is 1.84.